The quantitative estimate of drug-likeness (QED) is 0.621. The average Bonchev–Trinajstić information content (AvgIpc) is 2.70. The van der Waals surface area contributed by atoms with Crippen molar-refractivity contribution in [3.8, 4) is 0 Å². The van der Waals surface area contributed by atoms with Crippen LogP contribution in [0.25, 0.3) is 0 Å². The number of ketones is 1. The van der Waals surface area contributed by atoms with E-state index in [9.17, 15) is 9.59 Å². The predicted molar refractivity (Wildman–Crippen MR) is 70.9 cm³/mol. The fraction of sp³-hybridized carbons (Fsp3) is 0.385. The molecule has 1 atom stereocenters. The third-order valence-corrected chi connectivity index (χ3v) is 3.42. The summed E-state index contributed by atoms with van der Waals surface area (Å²) < 4.78 is 0. The van der Waals surface area contributed by atoms with Gasteiger partial charge >= 0.3 is 0 Å². The SMILES string of the molecule is CC(=O)N1CCc2cc(C(=O)C(C)Br)ccc21. The number of halogens is 1. The molecular weight excluding hydrogens is 282 g/mol. The van der Waals surface area contributed by atoms with Gasteiger partial charge in [-0.05, 0) is 37.1 Å². The van der Waals surface area contributed by atoms with E-state index in [2.05, 4.69) is 15.9 Å². The Kier molecular flexibility index (Phi) is 3.33. The van der Waals surface area contributed by atoms with Gasteiger partial charge in [0.1, 0.15) is 0 Å². The zero-order valence-electron chi connectivity index (χ0n) is 9.87. The summed E-state index contributed by atoms with van der Waals surface area (Å²) in [6.07, 6.45) is 0.826. The number of anilines is 1. The molecule has 4 heteroatoms. The van der Waals surface area contributed by atoms with E-state index in [1.54, 1.807) is 17.9 Å². The van der Waals surface area contributed by atoms with E-state index in [0.717, 1.165) is 17.7 Å². The molecular formula is C13H14BrNO2. The molecule has 0 aliphatic carbocycles. The number of rotatable bonds is 2. The Hall–Kier alpha value is -1.16. The molecule has 0 aromatic heterocycles. The highest BCUT2D eigenvalue weighted by atomic mass is 79.9. The summed E-state index contributed by atoms with van der Waals surface area (Å²) in [5, 5.41) is 0. The Labute approximate surface area is 109 Å². The zero-order valence-corrected chi connectivity index (χ0v) is 11.5. The highest BCUT2D eigenvalue weighted by Crippen LogP contribution is 2.29. The topological polar surface area (TPSA) is 37.4 Å². The number of fused-ring (bicyclic) bond motifs is 1. The normalized spacial score (nSPS) is 15.6. The minimum absolute atomic E-state index is 0.0525. The molecule has 0 spiro atoms. The van der Waals surface area contributed by atoms with E-state index >= 15 is 0 Å². The van der Waals surface area contributed by atoms with Crippen molar-refractivity contribution in [2.45, 2.75) is 25.1 Å². The van der Waals surface area contributed by atoms with Gasteiger partial charge in [-0.1, -0.05) is 15.9 Å². The maximum Gasteiger partial charge on any atom is 0.223 e. The maximum absolute atomic E-state index is 11.8. The molecule has 0 N–H and O–H groups in total. The number of carbonyl (C=O) groups excluding carboxylic acids is 2. The van der Waals surface area contributed by atoms with Gasteiger partial charge < -0.3 is 4.90 Å². The highest BCUT2D eigenvalue weighted by Gasteiger charge is 2.23. The molecule has 17 heavy (non-hydrogen) atoms. The van der Waals surface area contributed by atoms with Gasteiger partial charge in [0.15, 0.2) is 5.78 Å². The maximum atomic E-state index is 11.8. The second-order valence-electron chi connectivity index (χ2n) is 4.24. The van der Waals surface area contributed by atoms with E-state index in [0.29, 0.717) is 12.1 Å². The van der Waals surface area contributed by atoms with Crippen LogP contribution in [0.2, 0.25) is 0 Å². The lowest BCUT2D eigenvalue weighted by atomic mass is 10.0. The molecule has 3 nitrogen and oxygen atoms in total. The second-order valence-corrected chi connectivity index (χ2v) is 5.62. The summed E-state index contributed by atoms with van der Waals surface area (Å²) in [5.41, 5.74) is 2.73. The molecule has 1 unspecified atom stereocenters. The molecule has 0 saturated carbocycles. The van der Waals surface area contributed by atoms with Crippen LogP contribution in [0.1, 0.15) is 29.8 Å². The first-order valence-electron chi connectivity index (χ1n) is 5.60. The van der Waals surface area contributed by atoms with Crippen molar-refractivity contribution >= 4 is 33.3 Å². The van der Waals surface area contributed by atoms with Gasteiger partial charge in [0, 0.05) is 24.7 Å². The summed E-state index contributed by atoms with van der Waals surface area (Å²) in [6.45, 7) is 4.10. The van der Waals surface area contributed by atoms with E-state index in [1.807, 2.05) is 19.1 Å². The first kappa shape index (κ1) is 12.3. The average molecular weight is 296 g/mol. The monoisotopic (exact) mass is 295 g/mol. The Morgan fingerprint density at radius 2 is 2.12 bits per heavy atom. The fourth-order valence-electron chi connectivity index (χ4n) is 2.11. The van der Waals surface area contributed by atoms with Gasteiger partial charge in [-0.15, -0.1) is 0 Å². The number of alkyl halides is 1. The Morgan fingerprint density at radius 3 is 2.71 bits per heavy atom. The number of hydrogen-bond donors (Lipinski definition) is 0. The molecule has 1 aromatic rings. The van der Waals surface area contributed by atoms with Crippen molar-refractivity contribution in [3.05, 3.63) is 29.3 Å². The molecule has 2 rings (SSSR count). The summed E-state index contributed by atoms with van der Waals surface area (Å²) in [7, 11) is 0. The van der Waals surface area contributed by atoms with Crippen LogP contribution in [0.4, 0.5) is 5.69 Å². The van der Waals surface area contributed by atoms with Crippen LogP contribution in [0.5, 0.6) is 0 Å². The van der Waals surface area contributed by atoms with Gasteiger partial charge in [-0.2, -0.15) is 0 Å². The fourth-order valence-corrected chi connectivity index (χ4v) is 2.38. The summed E-state index contributed by atoms with van der Waals surface area (Å²) in [4.78, 5) is 24.8. The van der Waals surface area contributed by atoms with Crippen molar-refractivity contribution in [1.82, 2.24) is 0 Å². The minimum atomic E-state index is -0.175. The Bertz CT molecular complexity index is 482. The third-order valence-electron chi connectivity index (χ3n) is 3.00. The van der Waals surface area contributed by atoms with Crippen molar-refractivity contribution in [3.63, 3.8) is 0 Å². The molecule has 0 radical (unpaired) electrons. The number of benzene rings is 1. The molecule has 90 valence electrons. The number of carbonyl (C=O) groups is 2. The first-order valence-corrected chi connectivity index (χ1v) is 6.51. The number of Topliss-reactive ketones (excluding diaryl/α,β-unsaturated/α-hetero) is 1. The molecule has 1 aliphatic heterocycles. The van der Waals surface area contributed by atoms with Crippen LogP contribution in [0.3, 0.4) is 0 Å². The lowest BCUT2D eigenvalue weighted by Gasteiger charge is -2.14. The minimum Gasteiger partial charge on any atom is -0.312 e. The molecule has 0 fully saturated rings. The van der Waals surface area contributed by atoms with Crippen LogP contribution < -0.4 is 4.90 Å². The molecule has 1 amide bonds. The standard InChI is InChI=1S/C13H14BrNO2/c1-8(14)13(17)11-3-4-12-10(7-11)5-6-15(12)9(2)16/h3-4,7-8H,5-6H2,1-2H3. The summed E-state index contributed by atoms with van der Waals surface area (Å²) in [6, 6.07) is 5.56. The predicted octanol–water partition coefficient (Wildman–Crippen LogP) is 2.56. The van der Waals surface area contributed by atoms with E-state index in [-0.39, 0.29) is 16.5 Å². The molecule has 0 saturated heterocycles. The largest absolute Gasteiger partial charge is 0.312 e. The van der Waals surface area contributed by atoms with Crippen molar-refractivity contribution in [1.29, 1.82) is 0 Å². The van der Waals surface area contributed by atoms with Gasteiger partial charge in [-0.25, -0.2) is 0 Å². The number of hydrogen-bond acceptors (Lipinski definition) is 2. The van der Waals surface area contributed by atoms with Crippen LogP contribution in [-0.2, 0) is 11.2 Å². The van der Waals surface area contributed by atoms with Gasteiger partial charge in [0.2, 0.25) is 5.91 Å². The van der Waals surface area contributed by atoms with Crippen molar-refractivity contribution < 1.29 is 9.59 Å². The van der Waals surface area contributed by atoms with Crippen LogP contribution >= 0.6 is 15.9 Å². The zero-order chi connectivity index (χ0) is 12.6. The van der Waals surface area contributed by atoms with Crippen LogP contribution in [0.15, 0.2) is 18.2 Å². The van der Waals surface area contributed by atoms with Crippen molar-refractivity contribution in [2.24, 2.45) is 0 Å². The van der Waals surface area contributed by atoms with Gasteiger partial charge in [-0.3, -0.25) is 9.59 Å². The smallest absolute Gasteiger partial charge is 0.223 e. The number of amides is 1. The van der Waals surface area contributed by atoms with Gasteiger partial charge in [0.05, 0.1) is 4.83 Å². The van der Waals surface area contributed by atoms with E-state index in [1.165, 1.54) is 0 Å². The van der Waals surface area contributed by atoms with Gasteiger partial charge in [0.25, 0.3) is 0 Å². The summed E-state index contributed by atoms with van der Waals surface area (Å²) in [5.74, 6) is 0.130. The first-order chi connectivity index (χ1) is 8.00. The molecule has 1 aromatic carbocycles. The molecule has 1 heterocycles. The lowest BCUT2D eigenvalue weighted by Crippen LogP contribution is -2.25. The van der Waals surface area contributed by atoms with Crippen LogP contribution in [-0.4, -0.2) is 23.1 Å². The van der Waals surface area contributed by atoms with E-state index < -0.39 is 0 Å². The van der Waals surface area contributed by atoms with E-state index in [4.69, 9.17) is 0 Å². The Morgan fingerprint density at radius 1 is 1.41 bits per heavy atom. The lowest BCUT2D eigenvalue weighted by molar-refractivity contribution is -0.116. The van der Waals surface area contributed by atoms with Crippen LogP contribution in [0, 0.1) is 0 Å². The molecule has 0 bridgehead atoms. The highest BCUT2D eigenvalue weighted by molar-refractivity contribution is 9.10. The molecule has 1 aliphatic rings. The third kappa shape index (κ3) is 2.27. The number of nitrogens with zero attached hydrogens (tertiary/aromatic N) is 1. The van der Waals surface area contributed by atoms with Crippen molar-refractivity contribution in [2.75, 3.05) is 11.4 Å². The second kappa shape index (κ2) is 4.61. The summed E-state index contributed by atoms with van der Waals surface area (Å²) >= 11 is 3.28. The Balaban J connectivity index is 2.35.